The Hall–Kier alpha value is -3.96. The SMILES string of the molecule is C=C(c1ccc(COc2ccc3sc(C(=O)O)c(C)c3c2)cc1)c1ccc2ccccc2n1. The van der Waals surface area contributed by atoms with Crippen molar-refractivity contribution in [1.82, 2.24) is 4.98 Å². The van der Waals surface area contributed by atoms with Crippen LogP contribution in [0.15, 0.2) is 85.4 Å². The van der Waals surface area contributed by atoms with Gasteiger partial charge in [0.05, 0.1) is 11.2 Å². The quantitative estimate of drug-likeness (QED) is 0.299. The van der Waals surface area contributed by atoms with Gasteiger partial charge in [0.1, 0.15) is 17.2 Å². The molecule has 162 valence electrons. The van der Waals surface area contributed by atoms with Gasteiger partial charge in [0, 0.05) is 15.7 Å². The first-order chi connectivity index (χ1) is 16.0. The molecule has 4 nitrogen and oxygen atoms in total. The number of aromatic carboxylic acids is 1. The number of carboxylic acids is 1. The molecule has 0 bridgehead atoms. The first kappa shape index (κ1) is 20.9. The summed E-state index contributed by atoms with van der Waals surface area (Å²) in [6, 6.07) is 25.9. The van der Waals surface area contributed by atoms with Gasteiger partial charge in [-0.15, -0.1) is 11.3 Å². The molecular formula is C28H21NO3S. The van der Waals surface area contributed by atoms with Crippen molar-refractivity contribution in [1.29, 1.82) is 0 Å². The molecule has 0 aliphatic heterocycles. The third kappa shape index (κ3) is 4.11. The van der Waals surface area contributed by atoms with E-state index in [4.69, 9.17) is 9.72 Å². The van der Waals surface area contributed by atoms with Crippen LogP contribution in [0, 0.1) is 6.92 Å². The van der Waals surface area contributed by atoms with E-state index < -0.39 is 5.97 Å². The van der Waals surface area contributed by atoms with Crippen LogP contribution >= 0.6 is 11.3 Å². The fraction of sp³-hybridized carbons (Fsp3) is 0.0714. The molecule has 5 aromatic rings. The predicted octanol–water partition coefficient (Wildman–Crippen LogP) is 7.10. The molecule has 0 fully saturated rings. The van der Waals surface area contributed by atoms with Crippen molar-refractivity contribution >= 4 is 43.9 Å². The Bertz CT molecular complexity index is 1520. The van der Waals surface area contributed by atoms with E-state index in [9.17, 15) is 9.90 Å². The summed E-state index contributed by atoms with van der Waals surface area (Å²) in [6.45, 7) is 6.50. The zero-order chi connectivity index (χ0) is 22.9. The van der Waals surface area contributed by atoms with E-state index >= 15 is 0 Å². The lowest BCUT2D eigenvalue weighted by Gasteiger charge is -2.10. The number of carbonyl (C=O) groups is 1. The second-order valence-corrected chi connectivity index (χ2v) is 8.92. The summed E-state index contributed by atoms with van der Waals surface area (Å²) < 4.78 is 6.93. The summed E-state index contributed by atoms with van der Waals surface area (Å²) in [7, 11) is 0. The highest BCUT2D eigenvalue weighted by Crippen LogP contribution is 2.33. The average Bonchev–Trinajstić information content (AvgIpc) is 3.18. The van der Waals surface area contributed by atoms with Crippen molar-refractivity contribution < 1.29 is 14.6 Å². The topological polar surface area (TPSA) is 59.4 Å². The van der Waals surface area contributed by atoms with Crippen molar-refractivity contribution in [2.45, 2.75) is 13.5 Å². The smallest absolute Gasteiger partial charge is 0.346 e. The minimum atomic E-state index is -0.892. The third-order valence-corrected chi connectivity index (χ3v) is 6.98. The van der Waals surface area contributed by atoms with E-state index in [0.717, 1.165) is 48.9 Å². The molecule has 0 aliphatic carbocycles. The number of nitrogens with zero attached hydrogens (tertiary/aromatic N) is 1. The average molecular weight is 452 g/mol. The summed E-state index contributed by atoms with van der Waals surface area (Å²) in [5.74, 6) is -0.175. The number of hydrogen-bond acceptors (Lipinski definition) is 4. The molecule has 33 heavy (non-hydrogen) atoms. The zero-order valence-electron chi connectivity index (χ0n) is 18.0. The highest BCUT2D eigenvalue weighted by molar-refractivity contribution is 7.21. The van der Waals surface area contributed by atoms with E-state index in [1.54, 1.807) is 0 Å². The maximum absolute atomic E-state index is 11.4. The Balaban J connectivity index is 1.30. The van der Waals surface area contributed by atoms with Crippen molar-refractivity contribution in [3.63, 3.8) is 0 Å². The predicted molar refractivity (Wildman–Crippen MR) is 134 cm³/mol. The lowest BCUT2D eigenvalue weighted by molar-refractivity contribution is 0.0701. The molecule has 5 rings (SSSR count). The minimum Gasteiger partial charge on any atom is -0.489 e. The van der Waals surface area contributed by atoms with Gasteiger partial charge in [0.2, 0.25) is 0 Å². The molecule has 0 spiro atoms. The number of rotatable bonds is 6. The lowest BCUT2D eigenvalue weighted by atomic mass is 10.0. The van der Waals surface area contributed by atoms with Gasteiger partial charge >= 0.3 is 5.97 Å². The maximum atomic E-state index is 11.4. The van der Waals surface area contributed by atoms with E-state index in [-0.39, 0.29) is 0 Å². The summed E-state index contributed by atoms with van der Waals surface area (Å²) in [5, 5.41) is 11.4. The number of fused-ring (bicyclic) bond motifs is 2. The normalized spacial score (nSPS) is 11.1. The second-order valence-electron chi connectivity index (χ2n) is 7.87. The molecule has 0 unspecified atom stereocenters. The molecule has 0 saturated heterocycles. The van der Waals surface area contributed by atoms with Gasteiger partial charge < -0.3 is 9.84 Å². The van der Waals surface area contributed by atoms with E-state index in [2.05, 4.69) is 12.6 Å². The highest BCUT2D eigenvalue weighted by atomic mass is 32.1. The molecule has 0 amide bonds. The molecule has 2 aromatic heterocycles. The molecule has 0 radical (unpaired) electrons. The van der Waals surface area contributed by atoms with Crippen LogP contribution in [0.1, 0.15) is 32.1 Å². The number of aromatic nitrogens is 1. The number of benzene rings is 3. The highest BCUT2D eigenvalue weighted by Gasteiger charge is 2.15. The summed E-state index contributed by atoms with van der Waals surface area (Å²) >= 11 is 1.29. The number of pyridine rings is 1. The van der Waals surface area contributed by atoms with Gasteiger partial charge in [-0.1, -0.05) is 55.1 Å². The number of ether oxygens (including phenoxy) is 1. The molecular weight excluding hydrogens is 430 g/mol. The van der Waals surface area contributed by atoms with Crippen LogP contribution in [0.4, 0.5) is 0 Å². The van der Waals surface area contributed by atoms with Crippen LogP contribution in [-0.2, 0) is 6.61 Å². The molecule has 0 saturated carbocycles. The molecule has 0 atom stereocenters. The van der Waals surface area contributed by atoms with E-state index in [0.29, 0.717) is 17.2 Å². The van der Waals surface area contributed by atoms with Gasteiger partial charge in [-0.05, 0) is 59.3 Å². The first-order valence-electron chi connectivity index (χ1n) is 10.5. The fourth-order valence-corrected chi connectivity index (χ4v) is 4.87. The number of aryl methyl sites for hydroxylation is 1. The lowest BCUT2D eigenvalue weighted by Crippen LogP contribution is -1.96. The standard InChI is InChI=1S/C28H21NO3S/c1-17(24-13-11-21-5-3-4-6-25(21)29-24)20-9-7-19(8-10-20)16-32-22-12-14-26-23(15-22)18(2)27(33-26)28(30)31/h3-15H,1,16H2,2H3,(H,30,31). The van der Waals surface area contributed by atoms with Crippen molar-refractivity contribution in [2.75, 3.05) is 0 Å². The molecule has 2 heterocycles. The van der Waals surface area contributed by atoms with Crippen molar-refractivity contribution in [3.8, 4) is 5.75 Å². The second kappa shape index (κ2) is 8.52. The van der Waals surface area contributed by atoms with E-state index in [1.807, 2.05) is 79.7 Å². The van der Waals surface area contributed by atoms with Crippen molar-refractivity contribution in [2.24, 2.45) is 0 Å². The van der Waals surface area contributed by atoms with Gasteiger partial charge in [-0.2, -0.15) is 0 Å². The number of hydrogen-bond donors (Lipinski definition) is 1. The largest absolute Gasteiger partial charge is 0.489 e. The molecule has 5 heteroatoms. The van der Waals surface area contributed by atoms with Crippen LogP contribution in [0.25, 0.3) is 26.6 Å². The minimum absolute atomic E-state index is 0.374. The Morgan fingerprint density at radius 2 is 1.82 bits per heavy atom. The summed E-state index contributed by atoms with van der Waals surface area (Å²) in [5.41, 5.74) is 5.51. The Morgan fingerprint density at radius 3 is 2.61 bits per heavy atom. The molecule has 0 aliphatic rings. The number of thiophene rings is 1. The van der Waals surface area contributed by atoms with Crippen LogP contribution in [0.3, 0.4) is 0 Å². The van der Waals surface area contributed by atoms with E-state index in [1.165, 1.54) is 11.3 Å². The van der Waals surface area contributed by atoms with Gasteiger partial charge in [-0.25, -0.2) is 9.78 Å². The summed E-state index contributed by atoms with van der Waals surface area (Å²) in [4.78, 5) is 16.5. The van der Waals surface area contributed by atoms with Gasteiger partial charge in [0.15, 0.2) is 0 Å². The van der Waals surface area contributed by atoms with Crippen LogP contribution in [0.5, 0.6) is 5.75 Å². The number of para-hydroxylation sites is 1. The molecule has 1 N–H and O–H groups in total. The summed E-state index contributed by atoms with van der Waals surface area (Å²) in [6.07, 6.45) is 0. The van der Waals surface area contributed by atoms with Crippen LogP contribution in [0.2, 0.25) is 0 Å². The molecule has 3 aromatic carbocycles. The monoisotopic (exact) mass is 451 g/mol. The maximum Gasteiger partial charge on any atom is 0.346 e. The first-order valence-corrected chi connectivity index (χ1v) is 11.3. The van der Waals surface area contributed by atoms with Crippen molar-refractivity contribution in [3.05, 3.63) is 113 Å². The zero-order valence-corrected chi connectivity index (χ0v) is 18.9. The van der Waals surface area contributed by atoms with Gasteiger partial charge in [0.25, 0.3) is 0 Å². The van der Waals surface area contributed by atoms with Crippen LogP contribution in [-0.4, -0.2) is 16.1 Å². The fourth-order valence-electron chi connectivity index (χ4n) is 3.84. The Kier molecular flexibility index (Phi) is 5.40. The Labute approximate surface area is 195 Å². The third-order valence-electron chi connectivity index (χ3n) is 5.72. The van der Waals surface area contributed by atoms with Gasteiger partial charge in [-0.3, -0.25) is 0 Å². The number of carboxylic acid groups (broad SMARTS) is 1. The van der Waals surface area contributed by atoms with Crippen LogP contribution < -0.4 is 4.74 Å². The Morgan fingerprint density at radius 1 is 1.03 bits per heavy atom.